The van der Waals surface area contributed by atoms with Crippen LogP contribution in [0, 0.1) is 5.92 Å². The summed E-state index contributed by atoms with van der Waals surface area (Å²) in [5.74, 6) is -0.343. The highest BCUT2D eigenvalue weighted by Crippen LogP contribution is 2.02. The van der Waals surface area contributed by atoms with Crippen molar-refractivity contribution in [1.29, 1.82) is 0 Å². The molecular weight excluding hydrogens is 192 g/mol. The van der Waals surface area contributed by atoms with E-state index in [1.807, 2.05) is 13.8 Å². The number of nitrogens with one attached hydrogen (secondary N) is 1. The van der Waals surface area contributed by atoms with Gasteiger partial charge >= 0.3 is 0 Å². The number of nitrogens with two attached hydrogens (primary N) is 1. The zero-order chi connectivity index (χ0) is 11.8. The summed E-state index contributed by atoms with van der Waals surface area (Å²) < 4.78 is 0. The Labute approximate surface area is 90.9 Å². The molecule has 2 amide bonds. The molecule has 0 radical (unpaired) electrons. The molecule has 86 valence electrons. The lowest BCUT2D eigenvalue weighted by molar-refractivity contribution is -0.127. The van der Waals surface area contributed by atoms with E-state index in [1.165, 1.54) is 0 Å². The predicted molar refractivity (Wildman–Crippen MR) is 60.0 cm³/mol. The van der Waals surface area contributed by atoms with Crippen LogP contribution in [0.15, 0.2) is 12.7 Å². The van der Waals surface area contributed by atoms with Crippen molar-refractivity contribution >= 4 is 11.8 Å². The maximum atomic E-state index is 11.4. The zero-order valence-corrected chi connectivity index (χ0v) is 9.45. The van der Waals surface area contributed by atoms with Crippen molar-refractivity contribution in [1.82, 2.24) is 5.32 Å². The molecule has 15 heavy (non-hydrogen) atoms. The van der Waals surface area contributed by atoms with Crippen molar-refractivity contribution < 1.29 is 9.59 Å². The minimum atomic E-state index is -0.575. The first-order chi connectivity index (χ1) is 6.97. The summed E-state index contributed by atoms with van der Waals surface area (Å²) in [5, 5.41) is 2.62. The molecule has 4 nitrogen and oxygen atoms in total. The fourth-order valence-electron chi connectivity index (χ4n) is 1.19. The SMILES string of the molecule is C=CCC[C@H](NC(=O)CC(C)C)C(N)=O. The zero-order valence-electron chi connectivity index (χ0n) is 9.45. The Morgan fingerprint density at radius 1 is 1.47 bits per heavy atom. The highest BCUT2D eigenvalue weighted by atomic mass is 16.2. The number of hydrogen-bond donors (Lipinski definition) is 2. The van der Waals surface area contributed by atoms with Crippen LogP contribution in [0.1, 0.15) is 33.1 Å². The first kappa shape index (κ1) is 13.7. The van der Waals surface area contributed by atoms with Crippen LogP contribution in [0.5, 0.6) is 0 Å². The molecule has 3 N–H and O–H groups in total. The molecule has 0 bridgehead atoms. The highest BCUT2D eigenvalue weighted by molar-refractivity contribution is 5.86. The van der Waals surface area contributed by atoms with Crippen LogP contribution in [0.2, 0.25) is 0 Å². The number of amides is 2. The van der Waals surface area contributed by atoms with Gasteiger partial charge in [0.15, 0.2) is 0 Å². The Morgan fingerprint density at radius 2 is 2.07 bits per heavy atom. The van der Waals surface area contributed by atoms with Gasteiger partial charge in [0, 0.05) is 6.42 Å². The van der Waals surface area contributed by atoms with Crippen LogP contribution in [0.4, 0.5) is 0 Å². The topological polar surface area (TPSA) is 72.2 Å². The van der Waals surface area contributed by atoms with Crippen molar-refractivity contribution in [3.05, 3.63) is 12.7 Å². The van der Waals surface area contributed by atoms with Gasteiger partial charge in [0.1, 0.15) is 6.04 Å². The van der Waals surface area contributed by atoms with E-state index in [9.17, 15) is 9.59 Å². The number of carbonyl (C=O) groups excluding carboxylic acids is 2. The van der Waals surface area contributed by atoms with Gasteiger partial charge in [-0.05, 0) is 18.8 Å². The molecule has 0 unspecified atom stereocenters. The van der Waals surface area contributed by atoms with Crippen LogP contribution < -0.4 is 11.1 Å². The lowest BCUT2D eigenvalue weighted by Gasteiger charge is -2.15. The molecule has 0 spiro atoms. The molecule has 4 heteroatoms. The molecule has 0 fully saturated rings. The summed E-state index contributed by atoms with van der Waals surface area (Å²) in [6, 6.07) is -0.575. The average Bonchev–Trinajstić information content (AvgIpc) is 2.10. The number of carbonyl (C=O) groups is 2. The van der Waals surface area contributed by atoms with E-state index >= 15 is 0 Å². The predicted octanol–water partition coefficient (Wildman–Crippen LogP) is 0.969. The smallest absolute Gasteiger partial charge is 0.240 e. The van der Waals surface area contributed by atoms with Gasteiger partial charge in [-0.2, -0.15) is 0 Å². The van der Waals surface area contributed by atoms with Crippen molar-refractivity contribution in [2.75, 3.05) is 0 Å². The Hall–Kier alpha value is -1.32. The lowest BCUT2D eigenvalue weighted by atomic mass is 10.1. The molecule has 0 aliphatic rings. The third-order valence-corrected chi connectivity index (χ3v) is 1.93. The van der Waals surface area contributed by atoms with E-state index < -0.39 is 11.9 Å². The summed E-state index contributed by atoms with van der Waals surface area (Å²) in [4.78, 5) is 22.4. The second-order valence-electron chi connectivity index (χ2n) is 3.99. The van der Waals surface area contributed by atoms with Crippen LogP contribution in [-0.2, 0) is 9.59 Å². The molecule has 0 aliphatic heterocycles. The minimum Gasteiger partial charge on any atom is -0.368 e. The van der Waals surface area contributed by atoms with Gasteiger partial charge in [-0.25, -0.2) is 0 Å². The van der Waals surface area contributed by atoms with Crippen LogP contribution in [-0.4, -0.2) is 17.9 Å². The third kappa shape index (κ3) is 6.71. The van der Waals surface area contributed by atoms with E-state index in [2.05, 4.69) is 11.9 Å². The fraction of sp³-hybridized carbons (Fsp3) is 0.636. The molecule has 0 aromatic heterocycles. The van der Waals surface area contributed by atoms with E-state index in [-0.39, 0.29) is 11.8 Å². The quantitative estimate of drug-likeness (QED) is 0.617. The molecule has 0 aromatic rings. The Morgan fingerprint density at radius 3 is 2.47 bits per heavy atom. The maximum absolute atomic E-state index is 11.4. The second kappa shape index (κ2) is 7.04. The number of hydrogen-bond acceptors (Lipinski definition) is 2. The van der Waals surface area contributed by atoms with Gasteiger partial charge in [0.2, 0.25) is 11.8 Å². The minimum absolute atomic E-state index is 0.127. The molecule has 0 rings (SSSR count). The molecule has 0 heterocycles. The third-order valence-electron chi connectivity index (χ3n) is 1.93. The summed E-state index contributed by atoms with van der Waals surface area (Å²) in [7, 11) is 0. The average molecular weight is 212 g/mol. The van der Waals surface area contributed by atoms with Gasteiger partial charge in [-0.3, -0.25) is 9.59 Å². The normalized spacial score (nSPS) is 12.2. The summed E-state index contributed by atoms with van der Waals surface area (Å²) in [6.07, 6.45) is 3.29. The molecular formula is C11H20N2O2. The number of rotatable bonds is 7. The van der Waals surface area contributed by atoms with E-state index in [0.717, 1.165) is 0 Å². The Kier molecular flexibility index (Phi) is 6.42. The maximum Gasteiger partial charge on any atom is 0.240 e. The monoisotopic (exact) mass is 212 g/mol. The first-order valence-corrected chi connectivity index (χ1v) is 5.17. The van der Waals surface area contributed by atoms with Gasteiger partial charge in [-0.15, -0.1) is 6.58 Å². The molecule has 1 atom stereocenters. The molecule has 0 aromatic carbocycles. The van der Waals surface area contributed by atoms with Crippen LogP contribution in [0.3, 0.4) is 0 Å². The van der Waals surface area contributed by atoms with Crippen LogP contribution >= 0.6 is 0 Å². The second-order valence-corrected chi connectivity index (χ2v) is 3.99. The van der Waals surface area contributed by atoms with Crippen molar-refractivity contribution in [3.8, 4) is 0 Å². The number of primary amides is 1. The first-order valence-electron chi connectivity index (χ1n) is 5.17. The van der Waals surface area contributed by atoms with Crippen LogP contribution in [0.25, 0.3) is 0 Å². The summed E-state index contributed by atoms with van der Waals surface area (Å²) in [6.45, 7) is 7.45. The highest BCUT2D eigenvalue weighted by Gasteiger charge is 2.17. The lowest BCUT2D eigenvalue weighted by Crippen LogP contribution is -2.44. The van der Waals surface area contributed by atoms with E-state index in [4.69, 9.17) is 5.73 Å². The van der Waals surface area contributed by atoms with Gasteiger partial charge in [0.05, 0.1) is 0 Å². The van der Waals surface area contributed by atoms with Crippen molar-refractivity contribution in [2.45, 2.75) is 39.2 Å². The largest absolute Gasteiger partial charge is 0.368 e. The van der Waals surface area contributed by atoms with E-state index in [1.54, 1.807) is 6.08 Å². The van der Waals surface area contributed by atoms with E-state index in [0.29, 0.717) is 19.3 Å². The summed E-state index contributed by atoms with van der Waals surface area (Å²) >= 11 is 0. The van der Waals surface area contributed by atoms with Crippen molar-refractivity contribution in [3.63, 3.8) is 0 Å². The van der Waals surface area contributed by atoms with Gasteiger partial charge in [-0.1, -0.05) is 19.9 Å². The van der Waals surface area contributed by atoms with Gasteiger partial charge < -0.3 is 11.1 Å². The summed E-state index contributed by atoms with van der Waals surface area (Å²) in [5.41, 5.74) is 5.17. The molecule has 0 saturated carbocycles. The van der Waals surface area contributed by atoms with Crippen molar-refractivity contribution in [2.24, 2.45) is 11.7 Å². The molecule has 0 saturated heterocycles. The Bertz CT molecular complexity index is 237. The fourth-order valence-corrected chi connectivity index (χ4v) is 1.19. The Balaban J connectivity index is 4.09. The van der Waals surface area contributed by atoms with Gasteiger partial charge in [0.25, 0.3) is 0 Å². The number of allylic oxidation sites excluding steroid dienone is 1. The molecule has 0 aliphatic carbocycles. The standard InChI is InChI=1S/C11H20N2O2/c1-4-5-6-9(11(12)15)13-10(14)7-8(2)3/h4,8-9H,1,5-7H2,2-3H3,(H2,12,15)(H,13,14)/t9-/m0/s1.